The fourth-order valence-corrected chi connectivity index (χ4v) is 4.23. The van der Waals surface area contributed by atoms with Crippen LogP contribution < -0.4 is 0 Å². The summed E-state index contributed by atoms with van der Waals surface area (Å²) in [6.07, 6.45) is 0. The quantitative estimate of drug-likeness (QED) is 0.290. The van der Waals surface area contributed by atoms with Crippen molar-refractivity contribution in [3.05, 3.63) is 101 Å². The van der Waals surface area contributed by atoms with Crippen molar-refractivity contribution in [1.82, 2.24) is 14.8 Å². The van der Waals surface area contributed by atoms with Crippen molar-refractivity contribution >= 4 is 29.1 Å². The second-order valence-corrected chi connectivity index (χ2v) is 8.02. The van der Waals surface area contributed by atoms with Crippen LogP contribution >= 0.6 is 23.4 Å². The Kier molecular flexibility index (Phi) is 5.79. The van der Waals surface area contributed by atoms with Crippen LogP contribution in [-0.2, 0) is 7.05 Å². The fraction of sp³-hybridized carbons (Fsp3) is 0.0870. The van der Waals surface area contributed by atoms with Gasteiger partial charge in [0, 0.05) is 23.2 Å². The molecule has 4 nitrogen and oxygen atoms in total. The molecule has 4 rings (SSSR count). The van der Waals surface area contributed by atoms with Gasteiger partial charge in [0.2, 0.25) is 0 Å². The molecular weight excluding hydrogens is 402 g/mol. The number of ketones is 1. The van der Waals surface area contributed by atoms with E-state index in [-0.39, 0.29) is 5.78 Å². The SMILES string of the molecule is Cn1c(S[C@@H](C(=O)c2ccccc2)c2ccccc2)nnc1-c1ccc(Cl)cc1. The highest BCUT2D eigenvalue weighted by Crippen LogP contribution is 2.37. The lowest BCUT2D eigenvalue weighted by atomic mass is 10.0. The molecule has 29 heavy (non-hydrogen) atoms. The number of hydrogen-bond acceptors (Lipinski definition) is 4. The van der Waals surface area contributed by atoms with E-state index in [4.69, 9.17) is 11.6 Å². The summed E-state index contributed by atoms with van der Waals surface area (Å²) in [4.78, 5) is 13.3. The Morgan fingerprint density at radius 2 is 1.52 bits per heavy atom. The van der Waals surface area contributed by atoms with E-state index < -0.39 is 5.25 Å². The molecule has 0 aliphatic rings. The topological polar surface area (TPSA) is 47.8 Å². The van der Waals surface area contributed by atoms with Gasteiger partial charge < -0.3 is 4.57 Å². The van der Waals surface area contributed by atoms with E-state index in [0.29, 0.717) is 15.7 Å². The number of halogens is 1. The molecule has 0 amide bonds. The molecule has 0 bridgehead atoms. The van der Waals surface area contributed by atoms with E-state index >= 15 is 0 Å². The van der Waals surface area contributed by atoms with Gasteiger partial charge in [0.15, 0.2) is 16.8 Å². The lowest BCUT2D eigenvalue weighted by molar-refractivity contribution is 0.0989. The predicted molar refractivity (Wildman–Crippen MR) is 117 cm³/mol. The summed E-state index contributed by atoms with van der Waals surface area (Å²) < 4.78 is 1.90. The molecule has 0 aliphatic heterocycles. The second kappa shape index (κ2) is 8.64. The summed E-state index contributed by atoms with van der Waals surface area (Å²) >= 11 is 7.39. The Balaban J connectivity index is 1.68. The van der Waals surface area contributed by atoms with Crippen molar-refractivity contribution in [3.8, 4) is 11.4 Å². The van der Waals surface area contributed by atoms with E-state index in [1.54, 1.807) is 0 Å². The third-order valence-corrected chi connectivity index (χ3v) is 6.10. The highest BCUT2D eigenvalue weighted by Gasteiger charge is 2.26. The number of benzene rings is 3. The number of aromatic nitrogens is 3. The van der Waals surface area contributed by atoms with E-state index in [1.807, 2.05) is 96.5 Å². The van der Waals surface area contributed by atoms with Crippen molar-refractivity contribution in [2.75, 3.05) is 0 Å². The number of nitrogens with zero attached hydrogens (tertiary/aromatic N) is 3. The molecule has 0 unspecified atom stereocenters. The van der Waals surface area contributed by atoms with Gasteiger partial charge in [-0.1, -0.05) is 84.0 Å². The first-order chi connectivity index (χ1) is 14.1. The summed E-state index contributed by atoms with van der Waals surface area (Å²) in [5, 5.41) is 9.61. The van der Waals surface area contributed by atoms with Gasteiger partial charge in [-0.3, -0.25) is 4.79 Å². The van der Waals surface area contributed by atoms with Crippen LogP contribution in [0.1, 0.15) is 21.2 Å². The molecule has 0 spiro atoms. The maximum atomic E-state index is 13.3. The van der Waals surface area contributed by atoms with Crippen LogP contribution in [0.3, 0.4) is 0 Å². The second-order valence-electron chi connectivity index (χ2n) is 6.51. The number of carbonyl (C=O) groups excluding carboxylic acids is 1. The van der Waals surface area contributed by atoms with E-state index in [2.05, 4.69) is 10.2 Å². The molecule has 144 valence electrons. The van der Waals surface area contributed by atoms with Gasteiger partial charge in [-0.15, -0.1) is 10.2 Å². The zero-order chi connectivity index (χ0) is 20.2. The maximum Gasteiger partial charge on any atom is 0.192 e. The number of carbonyl (C=O) groups is 1. The van der Waals surface area contributed by atoms with Gasteiger partial charge >= 0.3 is 0 Å². The van der Waals surface area contributed by atoms with Crippen molar-refractivity contribution in [1.29, 1.82) is 0 Å². The molecule has 1 heterocycles. The average Bonchev–Trinajstić information content (AvgIpc) is 3.13. The number of rotatable bonds is 6. The van der Waals surface area contributed by atoms with Gasteiger partial charge in [-0.25, -0.2) is 0 Å². The van der Waals surface area contributed by atoms with Crippen LogP contribution in [0, 0.1) is 0 Å². The van der Waals surface area contributed by atoms with Crippen LogP contribution in [0.4, 0.5) is 0 Å². The summed E-state index contributed by atoms with van der Waals surface area (Å²) in [6.45, 7) is 0. The molecular formula is C23H18ClN3OS. The Morgan fingerprint density at radius 1 is 0.897 bits per heavy atom. The predicted octanol–water partition coefficient (Wildman–Crippen LogP) is 5.85. The minimum atomic E-state index is -0.417. The minimum absolute atomic E-state index is 0.0397. The molecule has 0 saturated carbocycles. The smallest absolute Gasteiger partial charge is 0.192 e. The third-order valence-electron chi connectivity index (χ3n) is 4.56. The molecule has 0 saturated heterocycles. The molecule has 0 radical (unpaired) electrons. The molecule has 0 fully saturated rings. The lowest BCUT2D eigenvalue weighted by Gasteiger charge is -2.15. The normalized spacial score (nSPS) is 11.9. The monoisotopic (exact) mass is 419 g/mol. The standard InChI is InChI=1S/C23H18ClN3OS/c1-27-22(18-12-14-19(24)15-13-18)25-26-23(27)29-21(17-10-6-3-7-11-17)20(28)16-8-4-2-5-9-16/h2-15,21H,1H3/t21-/m1/s1. The minimum Gasteiger partial charge on any atom is -0.305 e. The van der Waals surface area contributed by atoms with Gasteiger partial charge in [0.25, 0.3) is 0 Å². The zero-order valence-corrected chi connectivity index (χ0v) is 17.3. The molecule has 1 atom stereocenters. The van der Waals surface area contributed by atoms with Crippen LogP contribution in [0.15, 0.2) is 90.1 Å². The summed E-state index contributed by atoms with van der Waals surface area (Å²) in [5.41, 5.74) is 2.53. The highest BCUT2D eigenvalue weighted by molar-refractivity contribution is 8.00. The van der Waals surface area contributed by atoms with Crippen LogP contribution in [0.2, 0.25) is 5.02 Å². The number of hydrogen-bond donors (Lipinski definition) is 0. The van der Waals surface area contributed by atoms with Gasteiger partial charge in [0.05, 0.1) is 0 Å². The van der Waals surface area contributed by atoms with E-state index in [0.717, 1.165) is 17.0 Å². The molecule has 0 aliphatic carbocycles. The van der Waals surface area contributed by atoms with Gasteiger partial charge in [-0.2, -0.15) is 0 Å². The summed E-state index contributed by atoms with van der Waals surface area (Å²) in [5.74, 6) is 0.765. The van der Waals surface area contributed by atoms with Crippen LogP contribution in [0.25, 0.3) is 11.4 Å². The van der Waals surface area contributed by atoms with Crippen molar-refractivity contribution in [2.24, 2.45) is 7.05 Å². The van der Waals surface area contributed by atoms with Crippen LogP contribution in [0.5, 0.6) is 0 Å². The van der Waals surface area contributed by atoms with Gasteiger partial charge in [0.1, 0.15) is 5.25 Å². The van der Waals surface area contributed by atoms with Crippen molar-refractivity contribution in [3.63, 3.8) is 0 Å². The first-order valence-electron chi connectivity index (χ1n) is 9.09. The Morgan fingerprint density at radius 3 is 2.17 bits per heavy atom. The Hall–Kier alpha value is -2.89. The van der Waals surface area contributed by atoms with E-state index in [9.17, 15) is 4.79 Å². The summed E-state index contributed by atoms with van der Waals surface area (Å²) in [6, 6.07) is 26.6. The Labute approximate surface area is 178 Å². The van der Waals surface area contributed by atoms with E-state index in [1.165, 1.54) is 11.8 Å². The van der Waals surface area contributed by atoms with Gasteiger partial charge in [-0.05, 0) is 29.8 Å². The largest absolute Gasteiger partial charge is 0.305 e. The number of Topliss-reactive ketones (excluding diaryl/α,β-unsaturated/α-hetero) is 1. The molecule has 3 aromatic carbocycles. The van der Waals surface area contributed by atoms with Crippen molar-refractivity contribution in [2.45, 2.75) is 10.4 Å². The van der Waals surface area contributed by atoms with Crippen molar-refractivity contribution < 1.29 is 4.79 Å². The highest BCUT2D eigenvalue weighted by atomic mass is 35.5. The maximum absolute atomic E-state index is 13.3. The third kappa shape index (κ3) is 4.26. The first kappa shape index (κ1) is 19.4. The molecule has 4 aromatic rings. The number of thioether (sulfide) groups is 1. The molecule has 0 N–H and O–H groups in total. The first-order valence-corrected chi connectivity index (χ1v) is 10.4. The Bertz CT molecular complexity index is 1110. The molecule has 1 aromatic heterocycles. The summed E-state index contributed by atoms with van der Waals surface area (Å²) in [7, 11) is 1.90. The fourth-order valence-electron chi connectivity index (χ4n) is 3.03. The average molecular weight is 420 g/mol. The lowest BCUT2D eigenvalue weighted by Crippen LogP contribution is -2.11. The molecule has 6 heteroatoms. The van der Waals surface area contributed by atoms with Crippen LogP contribution in [-0.4, -0.2) is 20.5 Å². The zero-order valence-electron chi connectivity index (χ0n) is 15.7.